The molecular weight excluding hydrogens is 374 g/mol. The van der Waals surface area contributed by atoms with Gasteiger partial charge in [0.25, 0.3) is 0 Å². The van der Waals surface area contributed by atoms with Crippen molar-refractivity contribution in [2.75, 3.05) is 27.2 Å². The van der Waals surface area contributed by atoms with Gasteiger partial charge in [0.1, 0.15) is 30.2 Å². The third-order valence-electron chi connectivity index (χ3n) is 5.16. The monoisotopic (exact) mass is 409 g/mol. The Kier molecular flexibility index (Phi) is 9.07. The second kappa shape index (κ2) is 11.1. The Morgan fingerprint density at radius 2 is 1.90 bits per heavy atom. The summed E-state index contributed by atoms with van der Waals surface area (Å²) < 4.78 is 11.5. The smallest absolute Gasteiger partial charge is 0.229 e. The average Bonchev–Trinajstić information content (AvgIpc) is 2.69. The first-order valence-electron chi connectivity index (χ1n) is 10.2. The molecule has 1 fully saturated rings. The van der Waals surface area contributed by atoms with E-state index in [1.165, 1.54) is 0 Å². The van der Waals surface area contributed by atoms with E-state index in [9.17, 15) is 20.4 Å². The average molecular weight is 410 g/mol. The fourth-order valence-corrected chi connectivity index (χ4v) is 3.43. The van der Waals surface area contributed by atoms with Crippen LogP contribution in [0.1, 0.15) is 37.3 Å². The lowest BCUT2D eigenvalue weighted by Gasteiger charge is -2.39. The highest BCUT2D eigenvalue weighted by Crippen LogP contribution is 2.34. The number of nitrogens with zero attached hydrogens (tertiary/aromatic N) is 1. The van der Waals surface area contributed by atoms with Crippen LogP contribution in [0, 0.1) is 6.92 Å². The lowest BCUT2D eigenvalue weighted by molar-refractivity contribution is -0.277. The zero-order chi connectivity index (χ0) is 21.6. The van der Waals surface area contributed by atoms with Gasteiger partial charge in [-0.25, -0.2) is 0 Å². The highest BCUT2D eigenvalue weighted by Gasteiger charge is 2.44. The number of ether oxygens (including phenoxy) is 2. The van der Waals surface area contributed by atoms with Crippen molar-refractivity contribution in [1.29, 1.82) is 0 Å². The number of allylic oxidation sites excluding steroid dienone is 1. The van der Waals surface area contributed by atoms with E-state index in [2.05, 4.69) is 17.9 Å². The summed E-state index contributed by atoms with van der Waals surface area (Å²) in [4.78, 5) is 2.12. The SMILES string of the molecule is CCC/C=C(/CCN(C)C)c1c(C)cccc1O[C@H]1O[C@H](CO)[C@@H](O)[C@H](O)C1O. The molecule has 1 saturated heterocycles. The maximum absolute atomic E-state index is 10.3. The molecule has 7 nitrogen and oxygen atoms in total. The van der Waals surface area contributed by atoms with Crippen molar-refractivity contribution in [3.63, 3.8) is 0 Å². The van der Waals surface area contributed by atoms with Crippen molar-refractivity contribution in [1.82, 2.24) is 4.90 Å². The topological polar surface area (TPSA) is 103 Å². The molecule has 1 aliphatic heterocycles. The normalized spacial score (nSPS) is 28.0. The molecule has 5 atom stereocenters. The molecule has 0 aliphatic carbocycles. The van der Waals surface area contributed by atoms with Crippen LogP contribution in [0.15, 0.2) is 24.3 Å². The van der Waals surface area contributed by atoms with Gasteiger partial charge in [0.05, 0.1) is 6.61 Å². The molecule has 0 radical (unpaired) electrons. The van der Waals surface area contributed by atoms with Crippen LogP contribution < -0.4 is 4.74 Å². The first kappa shape index (κ1) is 23.8. The van der Waals surface area contributed by atoms with E-state index in [-0.39, 0.29) is 0 Å². The Morgan fingerprint density at radius 1 is 1.17 bits per heavy atom. The highest BCUT2D eigenvalue weighted by molar-refractivity contribution is 5.73. The minimum atomic E-state index is -1.47. The first-order valence-corrected chi connectivity index (χ1v) is 10.2. The highest BCUT2D eigenvalue weighted by atomic mass is 16.7. The number of hydrogen-bond acceptors (Lipinski definition) is 7. The first-order chi connectivity index (χ1) is 13.8. The van der Waals surface area contributed by atoms with Crippen molar-refractivity contribution < 1.29 is 29.9 Å². The molecule has 2 rings (SSSR count). The van der Waals surface area contributed by atoms with Gasteiger partial charge in [-0.05, 0) is 51.1 Å². The Balaban J connectivity index is 2.35. The summed E-state index contributed by atoms with van der Waals surface area (Å²) in [6.07, 6.45) is -1.50. The van der Waals surface area contributed by atoms with Crippen LogP contribution >= 0.6 is 0 Å². The molecule has 1 unspecified atom stereocenters. The van der Waals surface area contributed by atoms with Gasteiger partial charge in [0.15, 0.2) is 0 Å². The van der Waals surface area contributed by atoms with Gasteiger partial charge in [-0.15, -0.1) is 0 Å². The van der Waals surface area contributed by atoms with E-state index < -0.39 is 37.3 Å². The molecule has 1 aliphatic rings. The third-order valence-corrected chi connectivity index (χ3v) is 5.16. The molecule has 1 aromatic rings. The Hall–Kier alpha value is -1.48. The van der Waals surface area contributed by atoms with Crippen molar-refractivity contribution >= 4 is 5.57 Å². The van der Waals surface area contributed by atoms with E-state index in [0.717, 1.165) is 42.5 Å². The van der Waals surface area contributed by atoms with Gasteiger partial charge >= 0.3 is 0 Å². The molecule has 1 aromatic carbocycles. The summed E-state index contributed by atoms with van der Waals surface area (Å²) in [7, 11) is 4.06. The van der Waals surface area contributed by atoms with Crippen molar-refractivity contribution in [2.24, 2.45) is 0 Å². The largest absolute Gasteiger partial charge is 0.461 e. The summed E-state index contributed by atoms with van der Waals surface area (Å²) in [6, 6.07) is 5.67. The molecule has 7 heteroatoms. The van der Waals surface area contributed by atoms with E-state index in [4.69, 9.17) is 9.47 Å². The van der Waals surface area contributed by atoms with Crippen LogP contribution in [0.5, 0.6) is 5.75 Å². The van der Waals surface area contributed by atoms with Crippen LogP contribution in [-0.4, -0.2) is 83.3 Å². The minimum Gasteiger partial charge on any atom is -0.461 e. The molecule has 0 saturated carbocycles. The van der Waals surface area contributed by atoms with Crippen molar-refractivity contribution in [3.05, 3.63) is 35.4 Å². The molecule has 0 amide bonds. The lowest BCUT2D eigenvalue weighted by Crippen LogP contribution is -2.60. The van der Waals surface area contributed by atoms with Crippen LogP contribution in [0.25, 0.3) is 5.57 Å². The van der Waals surface area contributed by atoms with Crippen LogP contribution in [-0.2, 0) is 4.74 Å². The Labute approximate surface area is 173 Å². The van der Waals surface area contributed by atoms with Gasteiger partial charge < -0.3 is 34.8 Å². The van der Waals surface area contributed by atoms with Crippen LogP contribution in [0.2, 0.25) is 0 Å². The summed E-state index contributed by atoms with van der Waals surface area (Å²) >= 11 is 0. The van der Waals surface area contributed by atoms with Gasteiger partial charge in [-0.2, -0.15) is 0 Å². The van der Waals surface area contributed by atoms with Crippen LogP contribution in [0.4, 0.5) is 0 Å². The quantitative estimate of drug-likeness (QED) is 0.488. The van der Waals surface area contributed by atoms with E-state index in [1.807, 2.05) is 33.2 Å². The number of benzene rings is 1. The third kappa shape index (κ3) is 6.01. The summed E-state index contributed by atoms with van der Waals surface area (Å²) in [5, 5.41) is 39.8. The zero-order valence-corrected chi connectivity index (χ0v) is 17.8. The van der Waals surface area contributed by atoms with Gasteiger partial charge in [0, 0.05) is 12.1 Å². The second-order valence-corrected chi connectivity index (χ2v) is 7.83. The van der Waals surface area contributed by atoms with E-state index in [1.54, 1.807) is 6.07 Å². The molecule has 164 valence electrons. The molecule has 29 heavy (non-hydrogen) atoms. The molecule has 1 heterocycles. The van der Waals surface area contributed by atoms with Gasteiger partial charge in [0.2, 0.25) is 6.29 Å². The second-order valence-electron chi connectivity index (χ2n) is 7.83. The molecule has 4 N–H and O–H groups in total. The summed E-state index contributed by atoms with van der Waals surface area (Å²) in [6.45, 7) is 4.52. The molecule has 0 bridgehead atoms. The predicted octanol–water partition coefficient (Wildman–Crippen LogP) is 1.31. The number of rotatable bonds is 9. The standard InChI is InChI=1S/C22H35NO6/c1-5-6-9-15(11-12-23(3)4)18-14(2)8-7-10-16(18)28-22-21(27)20(26)19(25)17(13-24)29-22/h7-10,17,19-22,24-27H,5-6,11-13H2,1-4H3/b15-9-/t17-,19-,20+,21?,22+/m1/s1. The molecule has 0 aromatic heterocycles. The van der Waals surface area contributed by atoms with E-state index in [0.29, 0.717) is 5.75 Å². The summed E-state index contributed by atoms with van der Waals surface area (Å²) in [5.74, 6) is 0.537. The van der Waals surface area contributed by atoms with Gasteiger partial charge in [-0.3, -0.25) is 0 Å². The summed E-state index contributed by atoms with van der Waals surface area (Å²) in [5.41, 5.74) is 3.13. The maximum atomic E-state index is 10.3. The Bertz CT molecular complexity index is 675. The number of hydrogen-bond donors (Lipinski definition) is 4. The Morgan fingerprint density at radius 3 is 2.52 bits per heavy atom. The fraction of sp³-hybridized carbons (Fsp3) is 0.636. The van der Waals surface area contributed by atoms with Crippen LogP contribution in [0.3, 0.4) is 0 Å². The molecular formula is C22H35NO6. The van der Waals surface area contributed by atoms with E-state index >= 15 is 0 Å². The van der Waals surface area contributed by atoms with Crippen molar-refractivity contribution in [3.8, 4) is 5.75 Å². The lowest BCUT2D eigenvalue weighted by atomic mass is 9.95. The predicted molar refractivity (Wildman–Crippen MR) is 112 cm³/mol. The number of aliphatic hydroxyl groups excluding tert-OH is 4. The molecule has 0 spiro atoms. The number of unbranched alkanes of at least 4 members (excludes halogenated alkanes) is 1. The number of aryl methyl sites for hydroxylation is 1. The maximum Gasteiger partial charge on any atom is 0.229 e. The van der Waals surface area contributed by atoms with Crippen molar-refractivity contribution in [2.45, 2.75) is 63.8 Å². The van der Waals surface area contributed by atoms with Gasteiger partial charge in [-0.1, -0.05) is 31.6 Å². The fourth-order valence-electron chi connectivity index (χ4n) is 3.43. The zero-order valence-electron chi connectivity index (χ0n) is 17.8. The number of aliphatic hydroxyl groups is 4. The minimum absolute atomic E-state index is 0.490.